The number of hydrogen-bond acceptors (Lipinski definition) is 4. The zero-order valence-electron chi connectivity index (χ0n) is 11.5. The number of furan rings is 1. The molecule has 2 rings (SSSR count). The summed E-state index contributed by atoms with van der Waals surface area (Å²) < 4.78 is 16.0. The van der Waals surface area contributed by atoms with Crippen LogP contribution in [0.25, 0.3) is 0 Å². The van der Waals surface area contributed by atoms with Crippen LogP contribution in [0.4, 0.5) is 0 Å². The van der Waals surface area contributed by atoms with Gasteiger partial charge in [-0.1, -0.05) is 6.92 Å². The van der Waals surface area contributed by atoms with Crippen molar-refractivity contribution in [2.45, 2.75) is 19.4 Å². The van der Waals surface area contributed by atoms with E-state index in [1.807, 2.05) is 31.2 Å². The molecular formula is C15H19NO3. The van der Waals surface area contributed by atoms with E-state index in [1.165, 1.54) is 0 Å². The third kappa shape index (κ3) is 2.58. The van der Waals surface area contributed by atoms with Gasteiger partial charge in [-0.25, -0.2) is 0 Å². The van der Waals surface area contributed by atoms with Crippen molar-refractivity contribution in [1.82, 2.24) is 0 Å². The van der Waals surface area contributed by atoms with Crippen LogP contribution in [0.5, 0.6) is 11.5 Å². The number of aryl methyl sites for hydroxylation is 1. The summed E-state index contributed by atoms with van der Waals surface area (Å²) in [5.41, 5.74) is 8.21. The van der Waals surface area contributed by atoms with E-state index in [2.05, 4.69) is 0 Å². The Balaban J connectivity index is 2.45. The first kappa shape index (κ1) is 13.5. The Morgan fingerprint density at radius 3 is 2.58 bits per heavy atom. The zero-order valence-corrected chi connectivity index (χ0v) is 11.5. The zero-order chi connectivity index (χ0) is 13.8. The summed E-state index contributed by atoms with van der Waals surface area (Å²) >= 11 is 0. The minimum Gasteiger partial charge on any atom is -0.497 e. The molecule has 102 valence electrons. The second-order valence-corrected chi connectivity index (χ2v) is 4.24. The second-order valence-electron chi connectivity index (χ2n) is 4.24. The van der Waals surface area contributed by atoms with Gasteiger partial charge in [-0.3, -0.25) is 0 Å². The number of benzene rings is 1. The summed E-state index contributed by atoms with van der Waals surface area (Å²) in [5.74, 6) is 2.40. The average Bonchev–Trinajstić information content (AvgIpc) is 2.94. The van der Waals surface area contributed by atoms with E-state index in [0.29, 0.717) is 0 Å². The fraction of sp³-hybridized carbons (Fsp3) is 0.333. The van der Waals surface area contributed by atoms with Crippen molar-refractivity contribution in [3.05, 3.63) is 47.4 Å². The quantitative estimate of drug-likeness (QED) is 0.899. The number of nitrogens with two attached hydrogens (primary N) is 1. The van der Waals surface area contributed by atoms with Gasteiger partial charge in [-0.15, -0.1) is 0 Å². The molecular weight excluding hydrogens is 242 g/mol. The van der Waals surface area contributed by atoms with Gasteiger partial charge in [-0.05, 0) is 24.3 Å². The molecule has 1 unspecified atom stereocenters. The molecule has 1 aromatic heterocycles. The Hall–Kier alpha value is -1.94. The smallest absolute Gasteiger partial charge is 0.124 e. The number of hydrogen-bond donors (Lipinski definition) is 1. The summed E-state index contributed by atoms with van der Waals surface area (Å²) in [5, 5.41) is 0. The SMILES string of the molecule is CCc1occc1C(N)c1cc(OC)ccc1OC. The molecule has 1 atom stereocenters. The van der Waals surface area contributed by atoms with Crippen LogP contribution in [-0.4, -0.2) is 14.2 Å². The van der Waals surface area contributed by atoms with Gasteiger partial charge in [0.2, 0.25) is 0 Å². The van der Waals surface area contributed by atoms with Crippen LogP contribution in [0, 0.1) is 0 Å². The summed E-state index contributed by atoms with van der Waals surface area (Å²) in [6, 6.07) is 7.22. The predicted octanol–water partition coefficient (Wildman–Crippen LogP) is 2.91. The van der Waals surface area contributed by atoms with Crippen LogP contribution in [0.2, 0.25) is 0 Å². The molecule has 0 amide bonds. The van der Waals surface area contributed by atoms with Crippen molar-refractivity contribution < 1.29 is 13.9 Å². The first-order chi connectivity index (χ1) is 9.21. The van der Waals surface area contributed by atoms with Gasteiger partial charge in [0.25, 0.3) is 0 Å². The highest BCUT2D eigenvalue weighted by molar-refractivity contribution is 5.46. The van der Waals surface area contributed by atoms with Crippen LogP contribution in [-0.2, 0) is 6.42 Å². The lowest BCUT2D eigenvalue weighted by Crippen LogP contribution is -2.14. The number of methoxy groups -OCH3 is 2. The topological polar surface area (TPSA) is 57.6 Å². The number of ether oxygens (including phenoxy) is 2. The molecule has 0 fully saturated rings. The fourth-order valence-corrected chi connectivity index (χ4v) is 2.16. The molecule has 0 spiro atoms. The maximum atomic E-state index is 6.34. The third-order valence-electron chi connectivity index (χ3n) is 3.21. The van der Waals surface area contributed by atoms with Crippen LogP contribution in [0.3, 0.4) is 0 Å². The Kier molecular flexibility index (Phi) is 4.12. The van der Waals surface area contributed by atoms with E-state index >= 15 is 0 Å². The van der Waals surface area contributed by atoms with Gasteiger partial charge in [0.1, 0.15) is 17.3 Å². The van der Waals surface area contributed by atoms with E-state index in [0.717, 1.165) is 34.8 Å². The van der Waals surface area contributed by atoms with Crippen molar-refractivity contribution >= 4 is 0 Å². The van der Waals surface area contributed by atoms with Crippen LogP contribution < -0.4 is 15.2 Å². The van der Waals surface area contributed by atoms with Crippen LogP contribution in [0.1, 0.15) is 29.9 Å². The molecule has 0 aliphatic heterocycles. The molecule has 1 heterocycles. The van der Waals surface area contributed by atoms with Gasteiger partial charge >= 0.3 is 0 Å². The van der Waals surface area contributed by atoms with Crippen molar-refractivity contribution in [3.8, 4) is 11.5 Å². The van der Waals surface area contributed by atoms with Crippen molar-refractivity contribution in [2.75, 3.05) is 14.2 Å². The van der Waals surface area contributed by atoms with Gasteiger partial charge in [0.05, 0.1) is 26.5 Å². The predicted molar refractivity (Wildman–Crippen MR) is 73.7 cm³/mol. The Labute approximate surface area is 113 Å². The van der Waals surface area contributed by atoms with Crippen molar-refractivity contribution in [3.63, 3.8) is 0 Å². The third-order valence-corrected chi connectivity index (χ3v) is 3.21. The van der Waals surface area contributed by atoms with E-state index in [4.69, 9.17) is 19.6 Å². The summed E-state index contributed by atoms with van der Waals surface area (Å²) in [6.07, 6.45) is 2.48. The minimum absolute atomic E-state index is 0.293. The Morgan fingerprint density at radius 2 is 1.95 bits per heavy atom. The molecule has 0 aliphatic carbocycles. The van der Waals surface area contributed by atoms with Gasteiger partial charge in [0.15, 0.2) is 0 Å². The van der Waals surface area contributed by atoms with Crippen LogP contribution in [0.15, 0.2) is 34.9 Å². The van der Waals surface area contributed by atoms with Crippen molar-refractivity contribution in [1.29, 1.82) is 0 Å². The molecule has 19 heavy (non-hydrogen) atoms. The first-order valence-electron chi connectivity index (χ1n) is 6.25. The maximum absolute atomic E-state index is 6.34. The lowest BCUT2D eigenvalue weighted by Gasteiger charge is -2.16. The van der Waals surface area contributed by atoms with Gasteiger partial charge in [0, 0.05) is 17.5 Å². The largest absolute Gasteiger partial charge is 0.497 e. The molecule has 2 N–H and O–H groups in total. The number of rotatable bonds is 5. The monoisotopic (exact) mass is 261 g/mol. The molecule has 0 saturated heterocycles. The molecule has 1 aromatic carbocycles. The fourth-order valence-electron chi connectivity index (χ4n) is 2.16. The Morgan fingerprint density at radius 1 is 1.16 bits per heavy atom. The van der Waals surface area contributed by atoms with Gasteiger partial charge in [-0.2, -0.15) is 0 Å². The standard InChI is InChI=1S/C15H19NO3/c1-4-13-11(7-8-19-13)15(16)12-9-10(17-2)5-6-14(12)18-3/h5-9,15H,4,16H2,1-3H3. The first-order valence-corrected chi connectivity index (χ1v) is 6.25. The average molecular weight is 261 g/mol. The van der Waals surface area contributed by atoms with E-state index in [-0.39, 0.29) is 6.04 Å². The van der Waals surface area contributed by atoms with Crippen LogP contribution >= 0.6 is 0 Å². The highest BCUT2D eigenvalue weighted by Crippen LogP contribution is 2.33. The summed E-state index contributed by atoms with van der Waals surface area (Å²) in [6.45, 7) is 2.04. The van der Waals surface area contributed by atoms with E-state index in [1.54, 1.807) is 20.5 Å². The minimum atomic E-state index is -0.293. The van der Waals surface area contributed by atoms with Crippen molar-refractivity contribution in [2.24, 2.45) is 5.73 Å². The normalized spacial score (nSPS) is 12.2. The highest BCUT2D eigenvalue weighted by atomic mass is 16.5. The molecule has 0 bridgehead atoms. The molecule has 0 radical (unpaired) electrons. The van der Waals surface area contributed by atoms with E-state index in [9.17, 15) is 0 Å². The lowest BCUT2D eigenvalue weighted by molar-refractivity contribution is 0.397. The van der Waals surface area contributed by atoms with E-state index < -0.39 is 0 Å². The maximum Gasteiger partial charge on any atom is 0.124 e. The molecule has 4 nitrogen and oxygen atoms in total. The summed E-state index contributed by atoms with van der Waals surface area (Å²) in [4.78, 5) is 0. The Bertz CT molecular complexity index is 548. The van der Waals surface area contributed by atoms with Gasteiger partial charge < -0.3 is 19.6 Å². The second kappa shape index (κ2) is 5.80. The summed E-state index contributed by atoms with van der Waals surface area (Å²) in [7, 11) is 3.26. The lowest BCUT2D eigenvalue weighted by atomic mass is 9.98. The molecule has 2 aromatic rings. The molecule has 0 saturated carbocycles. The molecule has 4 heteroatoms. The highest BCUT2D eigenvalue weighted by Gasteiger charge is 2.19. The molecule has 0 aliphatic rings.